The summed E-state index contributed by atoms with van der Waals surface area (Å²) in [6.07, 6.45) is -0.741. The number of amides is 2. The van der Waals surface area contributed by atoms with Crippen LogP contribution in [0, 0.1) is 0 Å². The molecule has 1 aromatic carbocycles. The van der Waals surface area contributed by atoms with Crippen LogP contribution in [-0.2, 0) is 9.59 Å². The van der Waals surface area contributed by atoms with Crippen molar-refractivity contribution < 1.29 is 36.6 Å². The third kappa shape index (κ3) is 6.72. The van der Waals surface area contributed by atoms with Crippen molar-refractivity contribution in [2.45, 2.75) is 32.8 Å². The van der Waals surface area contributed by atoms with Crippen molar-refractivity contribution in [1.29, 1.82) is 0 Å². The summed E-state index contributed by atoms with van der Waals surface area (Å²) < 4.78 is 61.4. The monoisotopic (exact) mass is 520 g/mol. The van der Waals surface area contributed by atoms with Crippen molar-refractivity contribution in [2.24, 2.45) is 0 Å². The van der Waals surface area contributed by atoms with Gasteiger partial charge in [-0.3, -0.25) is 14.6 Å². The number of nitrogens with zero attached hydrogens (tertiary/aromatic N) is 3. The molecule has 0 aliphatic carbocycles. The Bertz CT molecular complexity index is 1240. The molecule has 0 radical (unpaired) electrons. The second kappa shape index (κ2) is 12.2. The number of methoxy groups -OCH3 is 1. The van der Waals surface area contributed by atoms with E-state index in [4.69, 9.17) is 4.74 Å². The van der Waals surface area contributed by atoms with E-state index >= 15 is 0 Å². The molecule has 3 aromatic rings. The van der Waals surface area contributed by atoms with Gasteiger partial charge in [-0.1, -0.05) is 32.0 Å². The van der Waals surface area contributed by atoms with E-state index in [-0.39, 0.29) is 34.3 Å². The molecule has 0 saturated carbocycles. The summed E-state index contributed by atoms with van der Waals surface area (Å²) in [4.78, 5) is 34.2. The van der Waals surface area contributed by atoms with Crippen molar-refractivity contribution in [3.63, 3.8) is 0 Å². The molecule has 1 N–H and O–H groups in total. The molecule has 0 fully saturated rings. The van der Waals surface area contributed by atoms with Crippen LogP contribution in [0.4, 0.5) is 28.9 Å². The molecule has 2 heterocycles. The Balaban J connectivity index is 2.05. The first-order chi connectivity index (χ1) is 17.6. The van der Waals surface area contributed by atoms with Gasteiger partial charge >= 0.3 is 6.61 Å². The topological polar surface area (TPSA) is 93.7 Å². The zero-order valence-corrected chi connectivity index (χ0v) is 20.1. The van der Waals surface area contributed by atoms with Crippen molar-refractivity contribution in [1.82, 2.24) is 9.97 Å². The lowest BCUT2D eigenvalue weighted by molar-refractivity contribution is -0.116. The number of anilines is 2. The molecule has 0 saturated heterocycles. The standard InChI is InChI=1S/C25H24F4N4O4/c1-14(2)22-17(5-4-10-30-22)21-18(11-20(37-25(28)29)32-24(21)36-3)33(13-34)12-19(35)31-16-8-6-15(7-9-16)23(26)27/h4-11,13-14,23,25H,12H2,1-3H3,(H,31,35). The molecule has 196 valence electrons. The molecule has 8 nitrogen and oxygen atoms in total. The van der Waals surface area contributed by atoms with Gasteiger partial charge in [-0.25, -0.2) is 8.78 Å². The van der Waals surface area contributed by atoms with Crippen LogP contribution in [-0.4, -0.2) is 42.6 Å². The van der Waals surface area contributed by atoms with Crippen LogP contribution >= 0.6 is 0 Å². The third-order valence-corrected chi connectivity index (χ3v) is 5.20. The molecule has 12 heteroatoms. The largest absolute Gasteiger partial charge is 0.480 e. The van der Waals surface area contributed by atoms with Gasteiger partial charge in [0.1, 0.15) is 6.54 Å². The number of hydrogen-bond donors (Lipinski definition) is 1. The minimum absolute atomic E-state index is 0.00981. The second-order valence-corrected chi connectivity index (χ2v) is 8.04. The van der Waals surface area contributed by atoms with Crippen molar-refractivity contribution in [2.75, 3.05) is 23.9 Å². The molecule has 0 spiro atoms. The molecule has 37 heavy (non-hydrogen) atoms. The van der Waals surface area contributed by atoms with Gasteiger partial charge in [0.2, 0.25) is 24.1 Å². The van der Waals surface area contributed by atoms with E-state index in [1.165, 1.54) is 19.2 Å². The Hall–Kier alpha value is -4.22. The molecule has 0 unspecified atom stereocenters. The molecule has 2 aromatic heterocycles. The number of carbonyl (C=O) groups excluding carboxylic acids is 2. The summed E-state index contributed by atoms with van der Waals surface area (Å²) in [5.41, 5.74) is 1.38. The number of rotatable bonds is 11. The van der Waals surface area contributed by atoms with Crippen LogP contribution in [0.3, 0.4) is 0 Å². The third-order valence-electron chi connectivity index (χ3n) is 5.20. The Labute approximate surface area is 210 Å². The fraction of sp³-hybridized carbons (Fsp3) is 0.280. The first kappa shape index (κ1) is 27.4. The number of aromatic nitrogens is 2. The number of ether oxygens (including phenoxy) is 2. The van der Waals surface area contributed by atoms with Crippen LogP contribution in [0.2, 0.25) is 0 Å². The summed E-state index contributed by atoms with van der Waals surface area (Å²) in [5.74, 6) is -1.41. The van der Waals surface area contributed by atoms with Gasteiger partial charge in [0.15, 0.2) is 0 Å². The van der Waals surface area contributed by atoms with Crippen LogP contribution in [0.5, 0.6) is 11.8 Å². The highest BCUT2D eigenvalue weighted by Gasteiger charge is 2.26. The Morgan fingerprint density at radius 2 is 1.84 bits per heavy atom. The van der Waals surface area contributed by atoms with Crippen molar-refractivity contribution in [3.05, 3.63) is 59.9 Å². The van der Waals surface area contributed by atoms with E-state index in [1.54, 1.807) is 18.3 Å². The van der Waals surface area contributed by atoms with Crippen LogP contribution in [0.1, 0.15) is 37.4 Å². The highest BCUT2D eigenvalue weighted by Crippen LogP contribution is 2.42. The smallest absolute Gasteiger partial charge is 0.388 e. The fourth-order valence-corrected chi connectivity index (χ4v) is 3.60. The van der Waals surface area contributed by atoms with Crippen LogP contribution in [0.15, 0.2) is 48.7 Å². The van der Waals surface area contributed by atoms with E-state index < -0.39 is 31.4 Å². The average molecular weight is 520 g/mol. The second-order valence-electron chi connectivity index (χ2n) is 8.04. The van der Waals surface area contributed by atoms with Crippen molar-refractivity contribution in [3.8, 4) is 22.9 Å². The summed E-state index contributed by atoms with van der Waals surface area (Å²) in [6, 6.07) is 9.36. The molecule has 0 aliphatic rings. The van der Waals surface area contributed by atoms with Gasteiger partial charge in [0.05, 0.1) is 24.1 Å². The van der Waals surface area contributed by atoms with E-state index in [0.717, 1.165) is 23.1 Å². The number of benzene rings is 1. The van der Waals surface area contributed by atoms with E-state index in [9.17, 15) is 27.2 Å². The van der Waals surface area contributed by atoms with Crippen molar-refractivity contribution >= 4 is 23.7 Å². The van der Waals surface area contributed by atoms with E-state index in [2.05, 4.69) is 20.0 Å². The molecule has 2 amide bonds. The van der Waals surface area contributed by atoms with E-state index in [0.29, 0.717) is 17.7 Å². The maximum atomic E-state index is 13.0. The Morgan fingerprint density at radius 3 is 2.41 bits per heavy atom. The normalized spacial score (nSPS) is 11.1. The minimum Gasteiger partial charge on any atom is -0.480 e. The summed E-state index contributed by atoms with van der Waals surface area (Å²) in [5, 5.41) is 2.51. The molecule has 0 aliphatic heterocycles. The zero-order chi connectivity index (χ0) is 27.1. The Kier molecular flexibility index (Phi) is 8.99. The maximum Gasteiger partial charge on any atom is 0.388 e. The quantitative estimate of drug-likeness (QED) is 0.268. The first-order valence-electron chi connectivity index (χ1n) is 11.0. The predicted octanol–water partition coefficient (Wildman–Crippen LogP) is 5.42. The highest BCUT2D eigenvalue weighted by atomic mass is 19.3. The zero-order valence-electron chi connectivity index (χ0n) is 20.1. The van der Waals surface area contributed by atoms with Gasteiger partial charge in [-0.15, -0.1) is 0 Å². The number of carbonyl (C=O) groups is 2. The lowest BCUT2D eigenvalue weighted by atomic mass is 9.96. The van der Waals surface area contributed by atoms with E-state index in [1.807, 2.05) is 13.8 Å². The van der Waals surface area contributed by atoms with Gasteiger partial charge < -0.3 is 19.7 Å². The predicted molar refractivity (Wildman–Crippen MR) is 128 cm³/mol. The molecule has 0 bridgehead atoms. The van der Waals surface area contributed by atoms with Gasteiger partial charge in [-0.2, -0.15) is 13.8 Å². The lowest BCUT2D eigenvalue weighted by Crippen LogP contribution is -2.32. The van der Waals surface area contributed by atoms with Gasteiger partial charge in [0, 0.05) is 29.1 Å². The minimum atomic E-state index is -3.20. The summed E-state index contributed by atoms with van der Waals surface area (Å²) >= 11 is 0. The first-order valence-corrected chi connectivity index (χ1v) is 11.0. The fourth-order valence-electron chi connectivity index (χ4n) is 3.60. The maximum absolute atomic E-state index is 13.0. The molecular formula is C25H24F4N4O4. The number of nitrogens with one attached hydrogen (secondary N) is 1. The SMILES string of the molecule is COc1nc(OC(F)F)cc(N(C=O)CC(=O)Nc2ccc(C(F)F)cc2)c1-c1cccnc1C(C)C. The highest BCUT2D eigenvalue weighted by molar-refractivity contribution is 6.00. The number of alkyl halides is 4. The van der Waals surface area contributed by atoms with Crippen LogP contribution in [0.25, 0.3) is 11.1 Å². The number of halogens is 4. The summed E-state index contributed by atoms with van der Waals surface area (Å²) in [7, 11) is 1.27. The Morgan fingerprint density at radius 1 is 1.14 bits per heavy atom. The van der Waals surface area contributed by atoms with Crippen LogP contribution < -0.4 is 19.7 Å². The lowest BCUT2D eigenvalue weighted by Gasteiger charge is -2.24. The molecule has 3 rings (SSSR count). The molecular weight excluding hydrogens is 496 g/mol. The van der Waals surface area contributed by atoms with Gasteiger partial charge in [-0.05, 0) is 24.1 Å². The average Bonchev–Trinajstić information content (AvgIpc) is 2.86. The summed E-state index contributed by atoms with van der Waals surface area (Å²) in [6.45, 7) is 0.0317. The number of pyridine rings is 2. The van der Waals surface area contributed by atoms with Gasteiger partial charge in [0.25, 0.3) is 6.43 Å². The molecule has 0 atom stereocenters. The number of hydrogen-bond acceptors (Lipinski definition) is 6.